The molecule has 26 heavy (non-hydrogen) atoms. The summed E-state index contributed by atoms with van der Waals surface area (Å²) in [5, 5.41) is 5.72. The fourth-order valence-corrected chi connectivity index (χ4v) is 2.70. The Kier molecular flexibility index (Phi) is 8.79. The van der Waals surface area contributed by atoms with Crippen molar-refractivity contribution in [3.63, 3.8) is 0 Å². The Labute approximate surface area is 158 Å². The SMILES string of the molecule is CC(C)CC(=O)NC(C(=O)NCC(N)c1ccc(C(C)C)cc1)C(C)C. The van der Waals surface area contributed by atoms with Crippen LogP contribution in [0.25, 0.3) is 0 Å². The van der Waals surface area contributed by atoms with Crippen LogP contribution >= 0.6 is 0 Å². The van der Waals surface area contributed by atoms with Crippen molar-refractivity contribution in [1.82, 2.24) is 10.6 Å². The monoisotopic (exact) mass is 361 g/mol. The number of benzene rings is 1. The molecule has 1 aromatic rings. The Morgan fingerprint density at radius 2 is 1.50 bits per heavy atom. The zero-order chi connectivity index (χ0) is 19.9. The number of nitrogens with one attached hydrogen (secondary N) is 2. The predicted octanol–water partition coefficient (Wildman–Crippen LogP) is 3.11. The second kappa shape index (κ2) is 10.3. The Balaban J connectivity index is 2.62. The average Bonchev–Trinajstić information content (AvgIpc) is 2.56. The fraction of sp³-hybridized carbons (Fsp3) is 0.619. The Morgan fingerprint density at radius 3 is 1.96 bits per heavy atom. The van der Waals surface area contributed by atoms with E-state index in [4.69, 9.17) is 5.73 Å². The number of carbonyl (C=O) groups is 2. The predicted molar refractivity (Wildman–Crippen MR) is 107 cm³/mol. The molecule has 5 nitrogen and oxygen atoms in total. The van der Waals surface area contributed by atoms with E-state index < -0.39 is 6.04 Å². The summed E-state index contributed by atoms with van der Waals surface area (Å²) < 4.78 is 0. The van der Waals surface area contributed by atoms with Crippen molar-refractivity contribution in [3.05, 3.63) is 35.4 Å². The fourth-order valence-electron chi connectivity index (χ4n) is 2.70. The van der Waals surface area contributed by atoms with Crippen LogP contribution in [0.5, 0.6) is 0 Å². The smallest absolute Gasteiger partial charge is 0.242 e. The average molecular weight is 362 g/mol. The first-order valence-corrected chi connectivity index (χ1v) is 9.54. The summed E-state index contributed by atoms with van der Waals surface area (Å²) in [6.07, 6.45) is 0.415. The molecule has 0 aliphatic rings. The quantitative estimate of drug-likeness (QED) is 0.632. The number of amides is 2. The van der Waals surface area contributed by atoms with E-state index in [2.05, 4.69) is 36.6 Å². The van der Waals surface area contributed by atoms with Gasteiger partial charge in [-0.15, -0.1) is 0 Å². The molecule has 0 aliphatic carbocycles. The maximum absolute atomic E-state index is 12.5. The van der Waals surface area contributed by atoms with Gasteiger partial charge in [0, 0.05) is 19.0 Å². The Bertz CT molecular complexity index is 579. The van der Waals surface area contributed by atoms with Crippen LogP contribution in [0.15, 0.2) is 24.3 Å². The van der Waals surface area contributed by atoms with E-state index in [1.54, 1.807) is 0 Å². The van der Waals surface area contributed by atoms with Crippen molar-refractivity contribution < 1.29 is 9.59 Å². The molecular formula is C21H35N3O2. The lowest BCUT2D eigenvalue weighted by molar-refractivity contribution is -0.130. The summed E-state index contributed by atoms with van der Waals surface area (Å²) in [4.78, 5) is 24.5. The summed E-state index contributed by atoms with van der Waals surface area (Å²) in [6.45, 7) is 12.4. The first-order chi connectivity index (χ1) is 12.1. The molecule has 1 aromatic carbocycles. The second-order valence-corrected chi connectivity index (χ2v) is 8.06. The number of nitrogens with two attached hydrogens (primary N) is 1. The zero-order valence-corrected chi connectivity index (χ0v) is 17.0. The van der Waals surface area contributed by atoms with E-state index in [1.165, 1.54) is 5.56 Å². The molecule has 2 amide bonds. The Morgan fingerprint density at radius 1 is 0.962 bits per heavy atom. The molecule has 0 radical (unpaired) electrons. The van der Waals surface area contributed by atoms with Crippen LogP contribution in [0, 0.1) is 11.8 Å². The highest BCUT2D eigenvalue weighted by Gasteiger charge is 2.24. The van der Waals surface area contributed by atoms with Crippen LogP contribution in [0.3, 0.4) is 0 Å². The Hall–Kier alpha value is -1.88. The van der Waals surface area contributed by atoms with Gasteiger partial charge >= 0.3 is 0 Å². The van der Waals surface area contributed by atoms with Gasteiger partial charge in [-0.2, -0.15) is 0 Å². The first kappa shape index (κ1) is 22.2. The van der Waals surface area contributed by atoms with Crippen LogP contribution in [0.2, 0.25) is 0 Å². The number of carbonyl (C=O) groups excluding carboxylic acids is 2. The lowest BCUT2D eigenvalue weighted by Gasteiger charge is -2.23. The molecule has 0 aliphatic heterocycles. The molecule has 5 heteroatoms. The second-order valence-electron chi connectivity index (χ2n) is 8.06. The van der Waals surface area contributed by atoms with Gasteiger partial charge in [-0.3, -0.25) is 9.59 Å². The maximum atomic E-state index is 12.5. The summed E-state index contributed by atoms with van der Waals surface area (Å²) in [7, 11) is 0. The minimum Gasteiger partial charge on any atom is -0.352 e. The van der Waals surface area contributed by atoms with Crippen LogP contribution in [-0.4, -0.2) is 24.4 Å². The van der Waals surface area contributed by atoms with Gasteiger partial charge in [0.15, 0.2) is 0 Å². The first-order valence-electron chi connectivity index (χ1n) is 9.54. The molecular weight excluding hydrogens is 326 g/mol. The summed E-state index contributed by atoms with van der Waals surface area (Å²) in [5.41, 5.74) is 8.46. The van der Waals surface area contributed by atoms with E-state index in [1.807, 2.05) is 39.8 Å². The van der Waals surface area contributed by atoms with Crippen molar-refractivity contribution in [2.45, 2.75) is 66.0 Å². The molecule has 1 rings (SSSR count). The van der Waals surface area contributed by atoms with E-state index in [9.17, 15) is 9.59 Å². The van der Waals surface area contributed by atoms with Crippen LogP contribution in [0.1, 0.15) is 71.0 Å². The third kappa shape index (κ3) is 7.16. The van der Waals surface area contributed by atoms with Gasteiger partial charge < -0.3 is 16.4 Å². The van der Waals surface area contributed by atoms with E-state index in [0.717, 1.165) is 5.56 Å². The van der Waals surface area contributed by atoms with Gasteiger partial charge in [0.1, 0.15) is 6.04 Å². The van der Waals surface area contributed by atoms with Gasteiger partial charge in [-0.25, -0.2) is 0 Å². The van der Waals surface area contributed by atoms with E-state index in [0.29, 0.717) is 18.9 Å². The number of rotatable bonds is 9. The number of hydrogen-bond donors (Lipinski definition) is 3. The maximum Gasteiger partial charge on any atom is 0.242 e. The largest absolute Gasteiger partial charge is 0.352 e. The highest BCUT2D eigenvalue weighted by Crippen LogP contribution is 2.17. The van der Waals surface area contributed by atoms with Crippen LogP contribution in [-0.2, 0) is 9.59 Å². The normalized spacial score (nSPS) is 13.8. The lowest BCUT2D eigenvalue weighted by atomic mass is 9.99. The van der Waals surface area contributed by atoms with Crippen LogP contribution in [0.4, 0.5) is 0 Å². The molecule has 0 saturated carbocycles. The summed E-state index contributed by atoms with van der Waals surface area (Å²) in [6, 6.07) is 7.35. The van der Waals surface area contributed by atoms with Crippen molar-refractivity contribution in [1.29, 1.82) is 0 Å². The molecule has 0 aromatic heterocycles. The third-order valence-electron chi connectivity index (χ3n) is 4.39. The molecule has 0 bridgehead atoms. The van der Waals surface area contributed by atoms with Gasteiger partial charge in [-0.05, 0) is 28.9 Å². The highest BCUT2D eigenvalue weighted by atomic mass is 16.2. The summed E-state index contributed by atoms with van der Waals surface area (Å²) in [5.74, 6) is 0.454. The van der Waals surface area contributed by atoms with Gasteiger partial charge in [0.05, 0.1) is 0 Å². The van der Waals surface area contributed by atoms with Crippen LogP contribution < -0.4 is 16.4 Å². The van der Waals surface area contributed by atoms with Crippen molar-refractivity contribution in [2.75, 3.05) is 6.54 Å². The van der Waals surface area contributed by atoms with E-state index in [-0.39, 0.29) is 29.7 Å². The molecule has 4 N–H and O–H groups in total. The lowest BCUT2D eigenvalue weighted by Crippen LogP contribution is -2.50. The van der Waals surface area contributed by atoms with Crippen molar-refractivity contribution >= 4 is 11.8 Å². The summed E-state index contributed by atoms with van der Waals surface area (Å²) >= 11 is 0. The topological polar surface area (TPSA) is 84.2 Å². The third-order valence-corrected chi connectivity index (χ3v) is 4.39. The van der Waals surface area contributed by atoms with E-state index >= 15 is 0 Å². The molecule has 146 valence electrons. The van der Waals surface area contributed by atoms with Crippen molar-refractivity contribution in [2.24, 2.45) is 17.6 Å². The zero-order valence-electron chi connectivity index (χ0n) is 17.0. The molecule has 2 atom stereocenters. The van der Waals surface area contributed by atoms with Gasteiger partial charge in [0.25, 0.3) is 0 Å². The minimum atomic E-state index is -0.545. The molecule has 0 saturated heterocycles. The van der Waals surface area contributed by atoms with Gasteiger partial charge in [0.2, 0.25) is 11.8 Å². The molecule has 0 spiro atoms. The minimum absolute atomic E-state index is 0.00709. The van der Waals surface area contributed by atoms with Crippen molar-refractivity contribution in [3.8, 4) is 0 Å². The highest BCUT2D eigenvalue weighted by molar-refractivity contribution is 5.87. The number of hydrogen-bond acceptors (Lipinski definition) is 3. The molecule has 0 fully saturated rings. The van der Waals surface area contributed by atoms with Gasteiger partial charge in [-0.1, -0.05) is 65.8 Å². The molecule has 0 heterocycles. The molecule has 2 unspecified atom stereocenters. The standard InChI is InChI=1S/C21H35N3O2/c1-13(2)11-19(25)24-20(15(5)6)21(26)23-12-18(22)17-9-7-16(8-10-17)14(3)4/h7-10,13-15,18,20H,11-12,22H2,1-6H3,(H,23,26)(H,24,25).